The molecule has 1 saturated heterocycles. The molecule has 1 aliphatic heterocycles. The first-order valence-corrected chi connectivity index (χ1v) is 7.47. The second-order valence-electron chi connectivity index (χ2n) is 5.28. The van der Waals surface area contributed by atoms with E-state index in [0.717, 1.165) is 43.1 Å². The largest absolute Gasteiger partial charge is 0.340 e. The Morgan fingerprint density at radius 2 is 2.17 bits per heavy atom. The number of aromatic nitrogens is 2. The maximum absolute atomic E-state index is 11.6. The van der Waals surface area contributed by atoms with Crippen LogP contribution in [0.25, 0.3) is 0 Å². The molecule has 1 unspecified atom stereocenters. The van der Waals surface area contributed by atoms with Gasteiger partial charge in [0, 0.05) is 31.3 Å². The van der Waals surface area contributed by atoms with Crippen molar-refractivity contribution in [3.05, 3.63) is 10.8 Å². The average Bonchev–Trinajstić information content (AvgIpc) is 2.94. The molecule has 100 valence electrons. The van der Waals surface area contributed by atoms with Gasteiger partial charge in [-0.2, -0.15) is 4.37 Å². The van der Waals surface area contributed by atoms with Crippen LogP contribution >= 0.6 is 11.5 Å². The minimum Gasteiger partial charge on any atom is -0.340 e. The summed E-state index contributed by atoms with van der Waals surface area (Å²) >= 11 is 1.50. The minimum atomic E-state index is 0.302. The minimum absolute atomic E-state index is 0.302. The van der Waals surface area contributed by atoms with Crippen LogP contribution < -0.4 is 0 Å². The van der Waals surface area contributed by atoms with Gasteiger partial charge in [-0.25, -0.2) is 4.98 Å². The Bertz CT molecular complexity index is 416. The van der Waals surface area contributed by atoms with Crippen molar-refractivity contribution in [3.8, 4) is 0 Å². The molecule has 1 aromatic rings. The van der Waals surface area contributed by atoms with Gasteiger partial charge >= 0.3 is 0 Å². The maximum atomic E-state index is 11.6. The lowest BCUT2D eigenvalue weighted by atomic mass is 10.1. The van der Waals surface area contributed by atoms with E-state index < -0.39 is 0 Å². The van der Waals surface area contributed by atoms with E-state index in [1.807, 2.05) is 4.90 Å². The molecule has 4 nitrogen and oxygen atoms in total. The van der Waals surface area contributed by atoms with Crippen LogP contribution in [0.3, 0.4) is 0 Å². The molecule has 0 aliphatic carbocycles. The standard InChI is InChI=1S/C13H21N3OS/c1-9(2)13-14-11(15-18-13)7-6-10(3)16-8-4-5-12(16)17/h9-10H,4-8H2,1-3H3. The van der Waals surface area contributed by atoms with Crippen molar-refractivity contribution in [1.82, 2.24) is 14.3 Å². The zero-order valence-electron chi connectivity index (χ0n) is 11.3. The predicted octanol–water partition coefficient (Wildman–Crippen LogP) is 2.61. The molecule has 1 fully saturated rings. The number of carbonyl (C=O) groups excluding carboxylic acids is 1. The van der Waals surface area contributed by atoms with Crippen LogP contribution in [0.15, 0.2) is 0 Å². The van der Waals surface area contributed by atoms with Crippen LogP contribution in [-0.4, -0.2) is 32.8 Å². The molecule has 1 aromatic heterocycles. The number of amides is 1. The van der Waals surface area contributed by atoms with Gasteiger partial charge in [0.15, 0.2) is 0 Å². The Hall–Kier alpha value is -0.970. The van der Waals surface area contributed by atoms with Crippen LogP contribution in [0.5, 0.6) is 0 Å². The van der Waals surface area contributed by atoms with Crippen LogP contribution in [-0.2, 0) is 11.2 Å². The quantitative estimate of drug-likeness (QED) is 0.824. The molecule has 0 radical (unpaired) electrons. The number of carbonyl (C=O) groups is 1. The van der Waals surface area contributed by atoms with E-state index >= 15 is 0 Å². The summed E-state index contributed by atoms with van der Waals surface area (Å²) in [4.78, 5) is 18.1. The molecule has 1 atom stereocenters. The molecule has 2 heterocycles. The van der Waals surface area contributed by atoms with E-state index in [9.17, 15) is 4.79 Å². The molecule has 0 saturated carbocycles. The molecular formula is C13H21N3OS. The van der Waals surface area contributed by atoms with Crippen molar-refractivity contribution < 1.29 is 4.79 Å². The summed E-state index contributed by atoms with van der Waals surface area (Å²) in [6.45, 7) is 7.31. The van der Waals surface area contributed by atoms with Gasteiger partial charge in [0.2, 0.25) is 5.91 Å². The Balaban J connectivity index is 1.85. The van der Waals surface area contributed by atoms with Gasteiger partial charge in [-0.3, -0.25) is 4.79 Å². The first-order valence-electron chi connectivity index (χ1n) is 6.70. The highest BCUT2D eigenvalue weighted by Gasteiger charge is 2.24. The number of rotatable bonds is 5. The Labute approximate surface area is 113 Å². The van der Waals surface area contributed by atoms with Crippen LogP contribution in [0.2, 0.25) is 0 Å². The second-order valence-corrected chi connectivity index (χ2v) is 6.07. The first-order chi connectivity index (χ1) is 8.58. The number of aryl methyl sites for hydroxylation is 1. The molecule has 18 heavy (non-hydrogen) atoms. The van der Waals surface area contributed by atoms with Crippen LogP contribution in [0.1, 0.15) is 56.8 Å². The van der Waals surface area contributed by atoms with Gasteiger partial charge in [0.05, 0.1) is 0 Å². The number of nitrogens with zero attached hydrogens (tertiary/aromatic N) is 3. The van der Waals surface area contributed by atoms with Crippen LogP contribution in [0.4, 0.5) is 0 Å². The smallest absolute Gasteiger partial charge is 0.222 e. The zero-order valence-corrected chi connectivity index (χ0v) is 12.2. The van der Waals surface area contributed by atoms with Crippen molar-refractivity contribution in [2.24, 2.45) is 0 Å². The molecule has 0 bridgehead atoms. The Kier molecular flexibility index (Phi) is 4.32. The van der Waals surface area contributed by atoms with E-state index in [0.29, 0.717) is 17.9 Å². The van der Waals surface area contributed by atoms with Crippen molar-refractivity contribution in [1.29, 1.82) is 0 Å². The lowest BCUT2D eigenvalue weighted by molar-refractivity contribution is -0.129. The SMILES string of the molecule is CC(C)c1nc(CCC(C)N2CCCC2=O)ns1. The summed E-state index contributed by atoms with van der Waals surface area (Å²) in [5.74, 6) is 1.69. The highest BCUT2D eigenvalue weighted by atomic mass is 32.1. The van der Waals surface area contributed by atoms with Gasteiger partial charge < -0.3 is 4.90 Å². The molecule has 0 spiro atoms. The monoisotopic (exact) mass is 267 g/mol. The van der Waals surface area contributed by atoms with Crippen molar-refractivity contribution >= 4 is 17.4 Å². The zero-order chi connectivity index (χ0) is 13.1. The third-order valence-corrected chi connectivity index (χ3v) is 4.46. The van der Waals surface area contributed by atoms with Crippen molar-refractivity contribution in [2.75, 3.05) is 6.54 Å². The molecule has 5 heteroatoms. The highest BCUT2D eigenvalue weighted by molar-refractivity contribution is 7.05. The molecule has 1 aliphatic rings. The fourth-order valence-corrected chi connectivity index (χ4v) is 2.92. The Morgan fingerprint density at radius 1 is 1.39 bits per heavy atom. The number of likely N-dealkylation sites (tertiary alicyclic amines) is 1. The van der Waals surface area contributed by atoms with Crippen LogP contribution in [0, 0.1) is 0 Å². The van der Waals surface area contributed by atoms with Gasteiger partial charge in [0.25, 0.3) is 0 Å². The van der Waals surface area contributed by atoms with Gasteiger partial charge in [0.1, 0.15) is 10.8 Å². The average molecular weight is 267 g/mol. The lowest BCUT2D eigenvalue weighted by Gasteiger charge is -2.23. The number of hydrogen-bond donors (Lipinski definition) is 0. The predicted molar refractivity (Wildman–Crippen MR) is 72.7 cm³/mol. The third kappa shape index (κ3) is 3.07. The summed E-state index contributed by atoms with van der Waals surface area (Å²) in [5.41, 5.74) is 0. The summed E-state index contributed by atoms with van der Waals surface area (Å²) in [6, 6.07) is 0.311. The first kappa shape index (κ1) is 13.5. The van der Waals surface area contributed by atoms with E-state index in [2.05, 4.69) is 30.1 Å². The van der Waals surface area contributed by atoms with E-state index in [4.69, 9.17) is 0 Å². The summed E-state index contributed by atoms with van der Waals surface area (Å²) in [7, 11) is 0. The second kappa shape index (κ2) is 5.78. The maximum Gasteiger partial charge on any atom is 0.222 e. The van der Waals surface area contributed by atoms with E-state index in [-0.39, 0.29) is 0 Å². The summed E-state index contributed by atoms with van der Waals surface area (Å²) < 4.78 is 4.38. The van der Waals surface area contributed by atoms with Gasteiger partial charge in [-0.1, -0.05) is 13.8 Å². The summed E-state index contributed by atoms with van der Waals surface area (Å²) in [5, 5.41) is 1.11. The molecule has 0 N–H and O–H groups in total. The molecule has 2 rings (SSSR count). The number of hydrogen-bond acceptors (Lipinski definition) is 4. The summed E-state index contributed by atoms with van der Waals surface area (Å²) in [6.07, 6.45) is 3.56. The van der Waals surface area contributed by atoms with E-state index in [1.54, 1.807) is 0 Å². The molecular weight excluding hydrogens is 246 g/mol. The van der Waals surface area contributed by atoms with Gasteiger partial charge in [-0.15, -0.1) is 0 Å². The van der Waals surface area contributed by atoms with Crippen molar-refractivity contribution in [2.45, 2.75) is 58.4 Å². The molecule has 0 aromatic carbocycles. The van der Waals surface area contributed by atoms with Gasteiger partial charge in [-0.05, 0) is 31.3 Å². The van der Waals surface area contributed by atoms with E-state index in [1.165, 1.54) is 11.5 Å². The fourth-order valence-electron chi connectivity index (χ4n) is 2.23. The third-order valence-electron chi connectivity index (χ3n) is 3.41. The molecule has 1 amide bonds. The van der Waals surface area contributed by atoms with Crippen molar-refractivity contribution in [3.63, 3.8) is 0 Å². The Morgan fingerprint density at radius 3 is 2.72 bits per heavy atom. The fraction of sp³-hybridized carbons (Fsp3) is 0.769. The highest BCUT2D eigenvalue weighted by Crippen LogP contribution is 2.19. The lowest BCUT2D eigenvalue weighted by Crippen LogP contribution is -2.34. The topological polar surface area (TPSA) is 46.1 Å². The normalized spacial score (nSPS) is 17.8.